The first-order valence-corrected chi connectivity index (χ1v) is 12.5. The Morgan fingerprint density at radius 3 is 2.19 bits per heavy atom. The van der Waals surface area contributed by atoms with E-state index in [1.807, 2.05) is 67.6 Å². The second kappa shape index (κ2) is 12.8. The molecule has 0 radical (unpaired) electrons. The van der Waals surface area contributed by atoms with Crippen LogP contribution in [-0.2, 0) is 16.0 Å². The van der Waals surface area contributed by atoms with Gasteiger partial charge >= 0.3 is 5.97 Å². The van der Waals surface area contributed by atoms with Gasteiger partial charge in [-0.2, -0.15) is 0 Å². The largest absolute Gasteiger partial charge is 0.481 e. The Hall–Kier alpha value is -3.73. The third kappa shape index (κ3) is 7.91. The van der Waals surface area contributed by atoms with Gasteiger partial charge in [-0.05, 0) is 66.5 Å². The van der Waals surface area contributed by atoms with E-state index >= 15 is 0 Å². The lowest BCUT2D eigenvalue weighted by molar-refractivity contribution is -0.141. The number of carbonyl (C=O) groups excluding carboxylic acids is 2. The number of carbonyl (C=O) groups is 3. The molecule has 0 saturated carbocycles. The van der Waals surface area contributed by atoms with Crippen LogP contribution in [0.4, 0.5) is 5.69 Å². The molecular formula is C31H35NO4. The molecule has 3 aromatic carbocycles. The minimum absolute atomic E-state index is 0.0159. The maximum Gasteiger partial charge on any atom is 0.306 e. The second-order valence-corrected chi connectivity index (χ2v) is 9.77. The lowest BCUT2D eigenvalue weighted by Gasteiger charge is -2.13. The molecule has 0 aliphatic rings. The Morgan fingerprint density at radius 2 is 1.58 bits per heavy atom. The number of Topliss-reactive ketones (excluding diaryl/α,β-unsaturated/α-hetero) is 1. The topological polar surface area (TPSA) is 83.5 Å². The molecule has 0 fully saturated rings. The van der Waals surface area contributed by atoms with Crippen LogP contribution in [-0.4, -0.2) is 22.8 Å². The molecule has 1 amide bonds. The quantitative estimate of drug-likeness (QED) is 0.272. The molecule has 0 saturated heterocycles. The van der Waals surface area contributed by atoms with Gasteiger partial charge in [-0.25, -0.2) is 0 Å². The van der Waals surface area contributed by atoms with Gasteiger partial charge in [0, 0.05) is 24.1 Å². The van der Waals surface area contributed by atoms with Crippen molar-refractivity contribution in [2.45, 2.75) is 52.9 Å². The third-order valence-electron chi connectivity index (χ3n) is 6.38. The van der Waals surface area contributed by atoms with E-state index in [-0.39, 0.29) is 18.1 Å². The van der Waals surface area contributed by atoms with E-state index in [0.717, 1.165) is 34.4 Å². The van der Waals surface area contributed by atoms with Crippen molar-refractivity contribution in [2.75, 3.05) is 5.32 Å². The van der Waals surface area contributed by atoms with Crippen molar-refractivity contribution in [1.29, 1.82) is 0 Å². The van der Waals surface area contributed by atoms with Crippen LogP contribution in [0, 0.1) is 18.8 Å². The van der Waals surface area contributed by atoms with Crippen LogP contribution in [0.2, 0.25) is 0 Å². The zero-order valence-corrected chi connectivity index (χ0v) is 21.3. The van der Waals surface area contributed by atoms with Gasteiger partial charge in [-0.1, -0.05) is 74.5 Å². The number of nitrogens with one attached hydrogen (secondary N) is 1. The number of amides is 1. The number of carboxylic acids is 1. The summed E-state index contributed by atoms with van der Waals surface area (Å²) in [5, 5.41) is 12.6. The number of rotatable bonds is 12. The van der Waals surface area contributed by atoms with Crippen LogP contribution in [0.5, 0.6) is 0 Å². The van der Waals surface area contributed by atoms with Crippen LogP contribution >= 0.6 is 0 Å². The Labute approximate surface area is 213 Å². The fourth-order valence-electron chi connectivity index (χ4n) is 4.18. The van der Waals surface area contributed by atoms with E-state index < -0.39 is 11.9 Å². The maximum atomic E-state index is 12.8. The highest BCUT2D eigenvalue weighted by Gasteiger charge is 2.22. The average molecular weight is 486 g/mol. The first kappa shape index (κ1) is 26.9. The van der Waals surface area contributed by atoms with Crippen molar-refractivity contribution < 1.29 is 19.5 Å². The van der Waals surface area contributed by atoms with Gasteiger partial charge in [0.05, 0.1) is 5.92 Å². The molecule has 0 aromatic heterocycles. The van der Waals surface area contributed by atoms with Crippen LogP contribution in [0.15, 0.2) is 72.8 Å². The number of aliphatic carboxylic acids is 1. The second-order valence-electron chi connectivity index (χ2n) is 9.77. The monoisotopic (exact) mass is 485 g/mol. The van der Waals surface area contributed by atoms with Gasteiger partial charge in [-0.15, -0.1) is 0 Å². The standard InChI is InChI=1S/C31H35NO4/c1-21(2)9-18-30(34)32-27-16-17-28(22(3)19-27)24-12-14-25(15-13-24)29(33)20-26(31(35)36)11-10-23-7-5-4-6-8-23/h4-8,12-17,19,21,26H,9-11,18,20H2,1-3H3,(H,32,34)(H,35,36). The number of hydrogen-bond donors (Lipinski definition) is 2. The van der Waals surface area contributed by atoms with Crippen LogP contribution in [0.3, 0.4) is 0 Å². The molecular weight excluding hydrogens is 450 g/mol. The van der Waals surface area contributed by atoms with Gasteiger partial charge < -0.3 is 10.4 Å². The number of benzene rings is 3. The lowest BCUT2D eigenvalue weighted by Crippen LogP contribution is -2.19. The van der Waals surface area contributed by atoms with Crippen molar-refractivity contribution in [1.82, 2.24) is 0 Å². The van der Waals surface area contributed by atoms with Crippen molar-refractivity contribution in [2.24, 2.45) is 11.8 Å². The summed E-state index contributed by atoms with van der Waals surface area (Å²) in [7, 11) is 0. The van der Waals surface area contributed by atoms with E-state index in [1.165, 1.54) is 0 Å². The van der Waals surface area contributed by atoms with E-state index in [4.69, 9.17) is 0 Å². The zero-order valence-electron chi connectivity index (χ0n) is 21.3. The fraction of sp³-hybridized carbons (Fsp3) is 0.323. The third-order valence-corrected chi connectivity index (χ3v) is 6.38. The van der Waals surface area contributed by atoms with Gasteiger partial charge in [-0.3, -0.25) is 14.4 Å². The van der Waals surface area contributed by atoms with E-state index in [2.05, 4.69) is 19.2 Å². The van der Waals surface area contributed by atoms with Crippen molar-refractivity contribution >= 4 is 23.3 Å². The normalized spacial score (nSPS) is 11.8. The van der Waals surface area contributed by atoms with Crippen molar-refractivity contribution in [3.63, 3.8) is 0 Å². The fourth-order valence-corrected chi connectivity index (χ4v) is 4.18. The number of hydrogen-bond acceptors (Lipinski definition) is 3. The average Bonchev–Trinajstić information content (AvgIpc) is 2.86. The number of ketones is 1. The first-order chi connectivity index (χ1) is 17.2. The van der Waals surface area contributed by atoms with Gasteiger partial charge in [0.15, 0.2) is 5.78 Å². The molecule has 0 spiro atoms. The van der Waals surface area contributed by atoms with Gasteiger partial charge in [0.1, 0.15) is 0 Å². The summed E-state index contributed by atoms with van der Waals surface area (Å²) in [5.41, 5.74) is 5.34. The highest BCUT2D eigenvalue weighted by atomic mass is 16.4. The first-order valence-electron chi connectivity index (χ1n) is 12.5. The summed E-state index contributed by atoms with van der Waals surface area (Å²) >= 11 is 0. The van der Waals surface area contributed by atoms with E-state index in [1.54, 1.807) is 12.1 Å². The predicted octanol–water partition coefficient (Wildman–Crippen LogP) is 6.94. The van der Waals surface area contributed by atoms with Crippen LogP contribution < -0.4 is 5.32 Å². The molecule has 0 aliphatic heterocycles. The zero-order chi connectivity index (χ0) is 26.1. The highest BCUT2D eigenvalue weighted by Crippen LogP contribution is 2.27. The molecule has 0 bridgehead atoms. The maximum absolute atomic E-state index is 12.8. The lowest BCUT2D eigenvalue weighted by atomic mass is 9.91. The number of anilines is 1. The summed E-state index contributed by atoms with van der Waals surface area (Å²) in [6, 6.07) is 22.8. The molecule has 1 unspecified atom stereocenters. The van der Waals surface area contributed by atoms with Gasteiger partial charge in [0.25, 0.3) is 0 Å². The summed E-state index contributed by atoms with van der Waals surface area (Å²) in [6.45, 7) is 6.19. The number of aryl methyl sites for hydroxylation is 2. The number of carboxylic acid groups (broad SMARTS) is 1. The van der Waals surface area contributed by atoms with Crippen molar-refractivity contribution in [3.8, 4) is 11.1 Å². The Morgan fingerprint density at radius 1 is 0.889 bits per heavy atom. The smallest absolute Gasteiger partial charge is 0.306 e. The van der Waals surface area contributed by atoms with E-state index in [9.17, 15) is 19.5 Å². The molecule has 5 nitrogen and oxygen atoms in total. The molecule has 3 aromatic rings. The molecule has 188 valence electrons. The molecule has 36 heavy (non-hydrogen) atoms. The minimum Gasteiger partial charge on any atom is -0.481 e. The molecule has 3 rings (SSSR count). The Bertz CT molecular complexity index is 1180. The summed E-state index contributed by atoms with van der Waals surface area (Å²) < 4.78 is 0. The predicted molar refractivity (Wildman–Crippen MR) is 144 cm³/mol. The summed E-state index contributed by atoms with van der Waals surface area (Å²) in [6.07, 6.45) is 2.38. The Kier molecular flexibility index (Phi) is 9.57. The van der Waals surface area contributed by atoms with Crippen LogP contribution in [0.25, 0.3) is 11.1 Å². The molecule has 2 N–H and O–H groups in total. The molecule has 5 heteroatoms. The molecule has 0 aliphatic carbocycles. The molecule has 0 heterocycles. The SMILES string of the molecule is Cc1cc(NC(=O)CCC(C)C)ccc1-c1ccc(C(=O)CC(CCc2ccccc2)C(=O)O)cc1. The summed E-state index contributed by atoms with van der Waals surface area (Å²) in [5.74, 6) is -1.33. The van der Waals surface area contributed by atoms with Crippen molar-refractivity contribution in [3.05, 3.63) is 89.5 Å². The van der Waals surface area contributed by atoms with Crippen LogP contribution in [0.1, 0.15) is 61.0 Å². The minimum atomic E-state index is -0.942. The Balaban J connectivity index is 1.62. The van der Waals surface area contributed by atoms with E-state index in [0.29, 0.717) is 30.7 Å². The summed E-state index contributed by atoms with van der Waals surface area (Å²) in [4.78, 5) is 36.7. The highest BCUT2D eigenvalue weighted by molar-refractivity contribution is 5.98. The van der Waals surface area contributed by atoms with Gasteiger partial charge in [0.2, 0.25) is 5.91 Å². The molecule has 1 atom stereocenters.